The summed E-state index contributed by atoms with van der Waals surface area (Å²) >= 11 is 0. The summed E-state index contributed by atoms with van der Waals surface area (Å²) in [6.45, 7) is 0.403. The molecule has 0 bridgehead atoms. The maximum atomic E-state index is 11.7. The van der Waals surface area contributed by atoms with Crippen LogP contribution >= 0.6 is 0 Å². The Morgan fingerprint density at radius 3 is 3.06 bits per heavy atom. The maximum absolute atomic E-state index is 11.7. The molecule has 0 unspecified atom stereocenters. The third-order valence-electron chi connectivity index (χ3n) is 2.20. The van der Waals surface area contributed by atoms with Crippen molar-refractivity contribution in [2.24, 2.45) is 5.84 Å². The maximum Gasteiger partial charge on any atom is 0.269 e. The van der Waals surface area contributed by atoms with Crippen LogP contribution in [0, 0.1) is 0 Å². The Bertz CT molecular complexity index is 513. The smallest absolute Gasteiger partial charge is 0.269 e. The fourth-order valence-corrected chi connectivity index (χ4v) is 1.33. The fraction of sp³-hybridized carbons (Fsp3) is 0.200. The Kier molecular flexibility index (Phi) is 3.82. The zero-order valence-electron chi connectivity index (χ0n) is 9.46. The van der Waals surface area contributed by atoms with Gasteiger partial charge in [0.05, 0.1) is 5.69 Å². The van der Waals surface area contributed by atoms with Crippen LogP contribution in [-0.2, 0) is 6.42 Å². The molecule has 0 radical (unpaired) electrons. The van der Waals surface area contributed by atoms with E-state index in [1.807, 2.05) is 0 Å². The third kappa shape index (κ3) is 3.01. The van der Waals surface area contributed by atoms with Crippen molar-refractivity contribution in [3.63, 3.8) is 0 Å². The van der Waals surface area contributed by atoms with Crippen LogP contribution in [-0.4, -0.2) is 27.6 Å². The average molecular weight is 248 g/mol. The number of amides is 1. The van der Waals surface area contributed by atoms with Crippen molar-refractivity contribution < 1.29 is 9.32 Å². The van der Waals surface area contributed by atoms with E-state index >= 15 is 0 Å². The fourth-order valence-electron chi connectivity index (χ4n) is 1.33. The van der Waals surface area contributed by atoms with Crippen LogP contribution in [0.4, 0.5) is 5.69 Å². The molecule has 0 saturated heterocycles. The minimum Gasteiger partial charge on any atom is -0.350 e. The van der Waals surface area contributed by atoms with E-state index in [9.17, 15) is 4.79 Å². The van der Waals surface area contributed by atoms with Crippen molar-refractivity contribution in [3.8, 4) is 0 Å². The number of pyridine rings is 1. The van der Waals surface area contributed by atoms with Crippen molar-refractivity contribution in [1.29, 1.82) is 0 Å². The number of anilines is 1. The predicted molar refractivity (Wildman–Crippen MR) is 62.4 cm³/mol. The van der Waals surface area contributed by atoms with Gasteiger partial charge < -0.3 is 15.3 Å². The molecule has 94 valence electrons. The SMILES string of the molecule is NNc1ccnc(C(=O)NCCc2ncon2)c1. The van der Waals surface area contributed by atoms with E-state index in [1.165, 1.54) is 12.6 Å². The van der Waals surface area contributed by atoms with E-state index in [0.717, 1.165) is 0 Å². The third-order valence-corrected chi connectivity index (χ3v) is 2.20. The molecule has 0 aliphatic rings. The van der Waals surface area contributed by atoms with Gasteiger partial charge in [-0.3, -0.25) is 15.6 Å². The molecule has 2 rings (SSSR count). The monoisotopic (exact) mass is 248 g/mol. The largest absolute Gasteiger partial charge is 0.350 e. The summed E-state index contributed by atoms with van der Waals surface area (Å²) in [5, 5.41) is 6.33. The van der Waals surface area contributed by atoms with Crippen LogP contribution < -0.4 is 16.6 Å². The van der Waals surface area contributed by atoms with Gasteiger partial charge in [-0.1, -0.05) is 5.16 Å². The lowest BCUT2D eigenvalue weighted by molar-refractivity contribution is 0.0949. The Morgan fingerprint density at radius 1 is 1.44 bits per heavy atom. The minimum absolute atomic E-state index is 0.282. The van der Waals surface area contributed by atoms with Gasteiger partial charge in [0.15, 0.2) is 5.82 Å². The summed E-state index contributed by atoms with van der Waals surface area (Å²) in [5.74, 6) is 5.51. The first kappa shape index (κ1) is 12.0. The average Bonchev–Trinajstić information content (AvgIpc) is 2.92. The molecule has 0 atom stereocenters. The molecule has 0 saturated carbocycles. The van der Waals surface area contributed by atoms with Crippen molar-refractivity contribution in [1.82, 2.24) is 20.4 Å². The van der Waals surface area contributed by atoms with Crippen LogP contribution in [0.15, 0.2) is 29.2 Å². The molecular formula is C10H12N6O2. The van der Waals surface area contributed by atoms with Gasteiger partial charge >= 0.3 is 0 Å². The van der Waals surface area contributed by atoms with Crippen LogP contribution in [0.5, 0.6) is 0 Å². The van der Waals surface area contributed by atoms with E-state index in [2.05, 4.69) is 30.4 Å². The van der Waals surface area contributed by atoms with Crippen molar-refractivity contribution in [3.05, 3.63) is 36.2 Å². The number of carbonyl (C=O) groups is 1. The second-order valence-electron chi connectivity index (χ2n) is 3.43. The van der Waals surface area contributed by atoms with Gasteiger partial charge in [0.2, 0.25) is 6.39 Å². The molecule has 1 amide bonds. The Labute approximate surface area is 103 Å². The number of rotatable bonds is 5. The van der Waals surface area contributed by atoms with Gasteiger partial charge in [-0.2, -0.15) is 4.98 Å². The zero-order valence-corrected chi connectivity index (χ0v) is 9.46. The van der Waals surface area contributed by atoms with Gasteiger partial charge in [-0.25, -0.2) is 0 Å². The normalized spacial score (nSPS) is 10.1. The molecule has 2 aromatic rings. The molecule has 0 aromatic carbocycles. The van der Waals surface area contributed by atoms with E-state index in [-0.39, 0.29) is 5.91 Å². The predicted octanol–water partition coefficient (Wildman–Crippen LogP) is -0.277. The van der Waals surface area contributed by atoms with Gasteiger partial charge in [0.25, 0.3) is 5.91 Å². The number of nitrogens with two attached hydrogens (primary N) is 1. The Balaban J connectivity index is 1.87. The van der Waals surface area contributed by atoms with E-state index in [1.54, 1.807) is 12.1 Å². The number of nitrogens with zero attached hydrogens (tertiary/aromatic N) is 3. The van der Waals surface area contributed by atoms with Crippen LogP contribution in [0.25, 0.3) is 0 Å². The van der Waals surface area contributed by atoms with Crippen LogP contribution in [0.3, 0.4) is 0 Å². The first-order valence-electron chi connectivity index (χ1n) is 5.25. The molecule has 0 fully saturated rings. The molecule has 18 heavy (non-hydrogen) atoms. The Morgan fingerprint density at radius 2 is 2.33 bits per heavy atom. The number of aromatic nitrogens is 3. The number of hydrogen-bond acceptors (Lipinski definition) is 7. The molecule has 2 heterocycles. The highest BCUT2D eigenvalue weighted by Crippen LogP contribution is 2.05. The lowest BCUT2D eigenvalue weighted by Crippen LogP contribution is -2.27. The van der Waals surface area contributed by atoms with Crippen molar-refractivity contribution in [2.75, 3.05) is 12.0 Å². The second-order valence-corrected chi connectivity index (χ2v) is 3.43. The number of carbonyl (C=O) groups excluding carboxylic acids is 1. The van der Waals surface area contributed by atoms with Crippen molar-refractivity contribution >= 4 is 11.6 Å². The first-order valence-corrected chi connectivity index (χ1v) is 5.25. The molecule has 8 heteroatoms. The number of nitrogens with one attached hydrogen (secondary N) is 2. The highest BCUT2D eigenvalue weighted by atomic mass is 16.5. The first-order chi connectivity index (χ1) is 8.79. The molecule has 0 spiro atoms. The van der Waals surface area contributed by atoms with E-state index in [4.69, 9.17) is 5.84 Å². The lowest BCUT2D eigenvalue weighted by Gasteiger charge is -2.04. The number of hydrazine groups is 1. The van der Waals surface area contributed by atoms with E-state index < -0.39 is 0 Å². The molecule has 4 N–H and O–H groups in total. The summed E-state index contributed by atoms with van der Waals surface area (Å²) in [6.07, 6.45) is 3.25. The summed E-state index contributed by atoms with van der Waals surface area (Å²) in [6, 6.07) is 3.22. The topological polar surface area (TPSA) is 119 Å². The molecule has 0 aliphatic heterocycles. The van der Waals surface area contributed by atoms with E-state index in [0.29, 0.717) is 30.2 Å². The summed E-state index contributed by atoms with van der Waals surface area (Å²) < 4.78 is 4.58. The number of nitrogen functional groups attached to an aromatic ring is 1. The summed E-state index contributed by atoms with van der Waals surface area (Å²) in [7, 11) is 0. The highest BCUT2D eigenvalue weighted by molar-refractivity contribution is 5.93. The quantitative estimate of drug-likeness (QED) is 0.492. The minimum atomic E-state index is -0.282. The van der Waals surface area contributed by atoms with Gasteiger partial charge in [0.1, 0.15) is 5.69 Å². The van der Waals surface area contributed by atoms with Crippen molar-refractivity contribution in [2.45, 2.75) is 6.42 Å². The lowest BCUT2D eigenvalue weighted by atomic mass is 10.3. The molecule has 0 aliphatic carbocycles. The highest BCUT2D eigenvalue weighted by Gasteiger charge is 2.07. The van der Waals surface area contributed by atoms with Crippen LogP contribution in [0.2, 0.25) is 0 Å². The Hall–Kier alpha value is -2.48. The van der Waals surface area contributed by atoms with Gasteiger partial charge in [-0.05, 0) is 12.1 Å². The zero-order chi connectivity index (χ0) is 12.8. The summed E-state index contributed by atoms with van der Waals surface area (Å²) in [5.41, 5.74) is 3.36. The standard InChI is InChI=1S/C10H12N6O2/c11-15-7-1-3-12-8(5-7)10(17)13-4-2-9-14-6-18-16-9/h1,3,5-6H,2,4,11H2,(H,12,15)(H,13,17). The van der Waals surface area contributed by atoms with Gasteiger partial charge in [-0.15, -0.1) is 0 Å². The number of hydrogen-bond donors (Lipinski definition) is 3. The molecule has 8 nitrogen and oxygen atoms in total. The second kappa shape index (κ2) is 5.73. The van der Waals surface area contributed by atoms with Crippen LogP contribution in [0.1, 0.15) is 16.3 Å². The summed E-state index contributed by atoms with van der Waals surface area (Å²) in [4.78, 5) is 19.5. The molecule has 2 aromatic heterocycles. The molecular weight excluding hydrogens is 236 g/mol. The van der Waals surface area contributed by atoms with Gasteiger partial charge in [0, 0.05) is 19.2 Å².